The number of nitrogen functional groups attached to an aromatic ring is 1. The second-order valence-electron chi connectivity index (χ2n) is 4.62. The maximum atomic E-state index is 12.5. The van der Waals surface area contributed by atoms with Gasteiger partial charge in [0.05, 0.1) is 4.90 Å². The molecule has 1 unspecified atom stereocenters. The van der Waals surface area contributed by atoms with Crippen molar-refractivity contribution < 1.29 is 8.42 Å². The van der Waals surface area contributed by atoms with E-state index >= 15 is 0 Å². The normalized spacial score (nSPS) is 20.5. The van der Waals surface area contributed by atoms with E-state index in [4.69, 9.17) is 5.73 Å². The SMILES string of the molecule is Cc1cc(N)cc(S(=O)(=O)N(C)C2CCSC2)c1. The van der Waals surface area contributed by atoms with E-state index in [1.807, 2.05) is 6.92 Å². The van der Waals surface area contributed by atoms with Gasteiger partial charge in [-0.15, -0.1) is 0 Å². The number of rotatable bonds is 3. The summed E-state index contributed by atoms with van der Waals surface area (Å²) in [4.78, 5) is 0.291. The Morgan fingerprint density at radius 2 is 2.11 bits per heavy atom. The Balaban J connectivity index is 2.34. The van der Waals surface area contributed by atoms with Crippen LogP contribution in [-0.2, 0) is 10.0 Å². The second kappa shape index (κ2) is 5.11. The molecule has 0 aromatic heterocycles. The highest BCUT2D eigenvalue weighted by Gasteiger charge is 2.30. The molecule has 1 saturated heterocycles. The molecular formula is C12H18N2O2S2. The lowest BCUT2D eigenvalue weighted by Crippen LogP contribution is -2.37. The molecule has 1 aliphatic heterocycles. The topological polar surface area (TPSA) is 63.4 Å². The minimum atomic E-state index is -3.43. The van der Waals surface area contributed by atoms with Gasteiger partial charge < -0.3 is 5.73 Å². The number of nitrogens with zero attached hydrogens (tertiary/aromatic N) is 1. The largest absolute Gasteiger partial charge is 0.399 e. The van der Waals surface area contributed by atoms with Gasteiger partial charge in [0.2, 0.25) is 10.0 Å². The number of hydrogen-bond donors (Lipinski definition) is 1. The molecule has 0 bridgehead atoms. The highest BCUT2D eigenvalue weighted by atomic mass is 32.2. The van der Waals surface area contributed by atoms with Gasteiger partial charge in [-0.2, -0.15) is 16.1 Å². The summed E-state index contributed by atoms with van der Waals surface area (Å²) in [5, 5.41) is 0. The van der Waals surface area contributed by atoms with Crippen LogP contribution in [0.4, 0.5) is 5.69 Å². The second-order valence-corrected chi connectivity index (χ2v) is 7.77. The summed E-state index contributed by atoms with van der Waals surface area (Å²) in [5.74, 6) is 1.90. The first kappa shape index (κ1) is 13.7. The van der Waals surface area contributed by atoms with Gasteiger partial charge in [0, 0.05) is 24.5 Å². The highest BCUT2D eigenvalue weighted by Crippen LogP contribution is 2.27. The van der Waals surface area contributed by atoms with E-state index in [0.29, 0.717) is 10.6 Å². The van der Waals surface area contributed by atoms with Crippen molar-refractivity contribution in [3.8, 4) is 0 Å². The van der Waals surface area contributed by atoms with Gasteiger partial charge in [-0.1, -0.05) is 0 Å². The van der Waals surface area contributed by atoms with Gasteiger partial charge in [-0.25, -0.2) is 8.42 Å². The lowest BCUT2D eigenvalue weighted by atomic mass is 10.2. The monoisotopic (exact) mass is 286 g/mol. The Kier molecular flexibility index (Phi) is 3.89. The number of aryl methyl sites for hydroxylation is 1. The molecule has 4 nitrogen and oxygen atoms in total. The van der Waals surface area contributed by atoms with Gasteiger partial charge in [-0.3, -0.25) is 0 Å². The van der Waals surface area contributed by atoms with Crippen molar-refractivity contribution in [3.05, 3.63) is 23.8 Å². The number of hydrogen-bond acceptors (Lipinski definition) is 4. The maximum absolute atomic E-state index is 12.5. The molecule has 0 saturated carbocycles. The summed E-state index contributed by atoms with van der Waals surface area (Å²) < 4.78 is 26.5. The van der Waals surface area contributed by atoms with Crippen LogP contribution in [0.1, 0.15) is 12.0 Å². The van der Waals surface area contributed by atoms with Crippen LogP contribution in [0.5, 0.6) is 0 Å². The Morgan fingerprint density at radius 3 is 2.67 bits per heavy atom. The highest BCUT2D eigenvalue weighted by molar-refractivity contribution is 7.99. The Bertz CT molecular complexity index is 517. The molecule has 2 rings (SSSR count). The summed E-state index contributed by atoms with van der Waals surface area (Å²) in [6.07, 6.45) is 0.918. The Morgan fingerprint density at radius 1 is 1.39 bits per heavy atom. The molecule has 1 atom stereocenters. The predicted octanol–water partition coefficient (Wildman–Crippen LogP) is 1.70. The third-order valence-electron chi connectivity index (χ3n) is 3.17. The lowest BCUT2D eigenvalue weighted by Gasteiger charge is -2.23. The molecule has 0 spiro atoms. The average Bonchev–Trinajstić information content (AvgIpc) is 2.79. The standard InChI is InChI=1S/C12H18N2O2S2/c1-9-5-10(13)7-12(6-9)18(15,16)14(2)11-3-4-17-8-11/h5-7,11H,3-4,8,13H2,1-2H3. The van der Waals surface area contributed by atoms with E-state index in [9.17, 15) is 8.42 Å². The molecular weight excluding hydrogens is 268 g/mol. The van der Waals surface area contributed by atoms with Crippen molar-refractivity contribution in [2.45, 2.75) is 24.3 Å². The van der Waals surface area contributed by atoms with Crippen LogP contribution in [0.15, 0.2) is 23.1 Å². The van der Waals surface area contributed by atoms with Crippen LogP contribution < -0.4 is 5.73 Å². The molecule has 100 valence electrons. The van der Waals surface area contributed by atoms with Crippen molar-refractivity contribution in [1.82, 2.24) is 4.31 Å². The third kappa shape index (κ3) is 2.65. The Labute approximate surface area is 113 Å². The molecule has 0 radical (unpaired) electrons. The first-order valence-electron chi connectivity index (χ1n) is 5.84. The van der Waals surface area contributed by atoms with Crippen LogP contribution >= 0.6 is 11.8 Å². The predicted molar refractivity (Wildman–Crippen MR) is 76.3 cm³/mol. The molecule has 18 heavy (non-hydrogen) atoms. The van der Waals surface area contributed by atoms with Crippen LogP contribution in [0, 0.1) is 6.92 Å². The molecule has 1 aromatic rings. The number of benzene rings is 1. The molecule has 2 N–H and O–H groups in total. The van der Waals surface area contributed by atoms with E-state index in [1.54, 1.807) is 30.9 Å². The third-order valence-corrected chi connectivity index (χ3v) is 6.20. The van der Waals surface area contributed by atoms with E-state index in [0.717, 1.165) is 23.5 Å². The van der Waals surface area contributed by atoms with E-state index in [1.165, 1.54) is 10.4 Å². The van der Waals surface area contributed by atoms with E-state index < -0.39 is 10.0 Å². The van der Waals surface area contributed by atoms with Crippen molar-refractivity contribution in [2.24, 2.45) is 0 Å². The van der Waals surface area contributed by atoms with E-state index in [2.05, 4.69) is 0 Å². The smallest absolute Gasteiger partial charge is 0.243 e. The minimum absolute atomic E-state index is 0.0988. The van der Waals surface area contributed by atoms with Gasteiger partial charge in [0.15, 0.2) is 0 Å². The maximum Gasteiger partial charge on any atom is 0.243 e. The van der Waals surface area contributed by atoms with Gasteiger partial charge in [-0.05, 0) is 42.9 Å². The van der Waals surface area contributed by atoms with Gasteiger partial charge in [0.1, 0.15) is 0 Å². The number of anilines is 1. The zero-order valence-electron chi connectivity index (χ0n) is 10.6. The average molecular weight is 286 g/mol. The Hall–Kier alpha value is -0.720. The van der Waals surface area contributed by atoms with Crippen LogP contribution in [-0.4, -0.2) is 37.3 Å². The van der Waals surface area contributed by atoms with Gasteiger partial charge >= 0.3 is 0 Å². The molecule has 1 heterocycles. The zero-order valence-corrected chi connectivity index (χ0v) is 12.2. The van der Waals surface area contributed by atoms with Crippen LogP contribution in [0.2, 0.25) is 0 Å². The van der Waals surface area contributed by atoms with Crippen molar-refractivity contribution in [2.75, 3.05) is 24.3 Å². The van der Waals surface area contributed by atoms with E-state index in [-0.39, 0.29) is 6.04 Å². The fourth-order valence-corrected chi connectivity index (χ4v) is 4.98. The molecule has 1 aliphatic rings. The molecule has 6 heteroatoms. The van der Waals surface area contributed by atoms with Crippen molar-refractivity contribution in [1.29, 1.82) is 0 Å². The summed E-state index contributed by atoms with van der Waals surface area (Å²) >= 11 is 1.80. The first-order valence-corrected chi connectivity index (χ1v) is 8.43. The summed E-state index contributed by atoms with van der Waals surface area (Å²) in [7, 11) is -1.77. The summed E-state index contributed by atoms with van der Waals surface area (Å²) in [6.45, 7) is 1.85. The molecule has 1 aromatic carbocycles. The number of sulfonamides is 1. The lowest BCUT2D eigenvalue weighted by molar-refractivity contribution is 0.394. The van der Waals surface area contributed by atoms with Crippen molar-refractivity contribution in [3.63, 3.8) is 0 Å². The van der Waals surface area contributed by atoms with Gasteiger partial charge in [0.25, 0.3) is 0 Å². The number of nitrogens with two attached hydrogens (primary N) is 1. The molecule has 0 aliphatic carbocycles. The van der Waals surface area contributed by atoms with Crippen molar-refractivity contribution >= 4 is 27.5 Å². The first-order chi connectivity index (χ1) is 8.41. The zero-order chi connectivity index (χ0) is 13.3. The quantitative estimate of drug-likeness (QED) is 0.859. The fraction of sp³-hybridized carbons (Fsp3) is 0.500. The number of thioether (sulfide) groups is 1. The molecule has 0 amide bonds. The summed E-state index contributed by atoms with van der Waals surface area (Å²) in [5.41, 5.74) is 7.07. The van der Waals surface area contributed by atoms with Crippen LogP contribution in [0.3, 0.4) is 0 Å². The van der Waals surface area contributed by atoms with Crippen LogP contribution in [0.25, 0.3) is 0 Å². The fourth-order valence-electron chi connectivity index (χ4n) is 2.10. The molecule has 1 fully saturated rings. The minimum Gasteiger partial charge on any atom is -0.399 e. The summed E-state index contributed by atoms with van der Waals surface area (Å²) in [6, 6.07) is 5.07.